The number of carbonyl (C=O) groups is 1. The molecule has 2 N–H and O–H groups in total. The fourth-order valence-electron chi connectivity index (χ4n) is 2.19. The zero-order chi connectivity index (χ0) is 14.4. The van der Waals surface area contributed by atoms with Crippen LogP contribution in [0.1, 0.15) is 34.3 Å². The van der Waals surface area contributed by atoms with Crippen molar-refractivity contribution in [3.8, 4) is 11.8 Å². The summed E-state index contributed by atoms with van der Waals surface area (Å²) in [6.07, 6.45) is 2.20. The molecule has 4 heteroatoms. The number of hydrogen-bond donors (Lipinski definition) is 2. The number of rotatable bonds is 3. The summed E-state index contributed by atoms with van der Waals surface area (Å²) in [5.41, 5.74) is 2.25. The van der Waals surface area contributed by atoms with Crippen LogP contribution in [-0.2, 0) is 4.74 Å². The summed E-state index contributed by atoms with van der Waals surface area (Å²) in [5, 5.41) is 11.6. The number of ether oxygens (including phenoxy) is 1. The summed E-state index contributed by atoms with van der Waals surface area (Å²) in [6.45, 7) is 3.04. The van der Waals surface area contributed by atoms with Crippen molar-refractivity contribution in [2.45, 2.75) is 25.9 Å². The van der Waals surface area contributed by atoms with Gasteiger partial charge in [-0.15, -0.1) is 0 Å². The van der Waals surface area contributed by atoms with E-state index in [0.717, 1.165) is 30.6 Å². The van der Waals surface area contributed by atoms with Crippen molar-refractivity contribution in [3.05, 3.63) is 34.9 Å². The van der Waals surface area contributed by atoms with Gasteiger partial charge in [-0.3, -0.25) is 4.79 Å². The molecule has 106 valence electrons. The summed E-state index contributed by atoms with van der Waals surface area (Å²) in [5.74, 6) is 5.28. The Bertz CT molecular complexity index is 536. The van der Waals surface area contributed by atoms with Crippen LogP contribution < -0.4 is 5.32 Å². The number of aliphatic hydroxyl groups is 1. The monoisotopic (exact) mass is 273 g/mol. The Kier molecular flexibility index (Phi) is 5.16. The number of aryl methyl sites for hydroxylation is 1. The first kappa shape index (κ1) is 14.6. The molecule has 0 spiro atoms. The fraction of sp³-hybridized carbons (Fsp3) is 0.438. The van der Waals surface area contributed by atoms with Crippen LogP contribution in [0, 0.1) is 18.8 Å². The largest absolute Gasteiger partial charge is 0.384 e. The molecule has 1 atom stereocenters. The lowest BCUT2D eigenvalue weighted by atomic mass is 10.0. The normalized spacial score (nSPS) is 17.4. The Morgan fingerprint density at radius 3 is 3.10 bits per heavy atom. The van der Waals surface area contributed by atoms with Crippen LogP contribution in [0.15, 0.2) is 18.2 Å². The predicted molar refractivity (Wildman–Crippen MR) is 76.5 cm³/mol. The van der Waals surface area contributed by atoms with Gasteiger partial charge in [0, 0.05) is 24.3 Å². The van der Waals surface area contributed by atoms with Crippen LogP contribution in [0.25, 0.3) is 0 Å². The number of carbonyl (C=O) groups excluding carboxylic acids is 1. The van der Waals surface area contributed by atoms with Gasteiger partial charge in [0.25, 0.3) is 5.91 Å². The van der Waals surface area contributed by atoms with E-state index < -0.39 is 0 Å². The van der Waals surface area contributed by atoms with Crippen molar-refractivity contribution in [2.24, 2.45) is 0 Å². The average Bonchev–Trinajstić information content (AvgIpc) is 2.97. The van der Waals surface area contributed by atoms with E-state index in [9.17, 15) is 4.79 Å². The van der Waals surface area contributed by atoms with E-state index in [1.54, 1.807) is 6.07 Å². The molecule has 4 nitrogen and oxygen atoms in total. The van der Waals surface area contributed by atoms with Crippen molar-refractivity contribution in [1.82, 2.24) is 5.32 Å². The SMILES string of the molecule is Cc1ccc(C#CCO)cc1C(=O)NCC1CCCO1. The molecule has 1 unspecified atom stereocenters. The number of aliphatic hydroxyl groups excluding tert-OH is 1. The topological polar surface area (TPSA) is 58.6 Å². The van der Waals surface area contributed by atoms with Crippen LogP contribution in [-0.4, -0.2) is 36.9 Å². The third kappa shape index (κ3) is 3.83. The molecule has 0 bridgehead atoms. The van der Waals surface area contributed by atoms with Gasteiger partial charge in [-0.2, -0.15) is 0 Å². The van der Waals surface area contributed by atoms with Crippen LogP contribution >= 0.6 is 0 Å². The summed E-state index contributed by atoms with van der Waals surface area (Å²) in [6, 6.07) is 5.46. The number of hydrogen-bond acceptors (Lipinski definition) is 3. The maximum Gasteiger partial charge on any atom is 0.251 e. The van der Waals surface area contributed by atoms with E-state index in [2.05, 4.69) is 17.2 Å². The van der Waals surface area contributed by atoms with Crippen molar-refractivity contribution >= 4 is 5.91 Å². The van der Waals surface area contributed by atoms with Crippen molar-refractivity contribution < 1.29 is 14.6 Å². The molecule has 1 aromatic carbocycles. The van der Waals surface area contributed by atoms with Crippen LogP contribution in [0.4, 0.5) is 0 Å². The lowest BCUT2D eigenvalue weighted by Gasteiger charge is -2.12. The van der Waals surface area contributed by atoms with E-state index in [-0.39, 0.29) is 18.6 Å². The minimum Gasteiger partial charge on any atom is -0.384 e. The van der Waals surface area contributed by atoms with Gasteiger partial charge >= 0.3 is 0 Å². The minimum absolute atomic E-state index is 0.106. The van der Waals surface area contributed by atoms with Gasteiger partial charge in [-0.1, -0.05) is 17.9 Å². The highest BCUT2D eigenvalue weighted by Gasteiger charge is 2.17. The maximum absolute atomic E-state index is 12.2. The second-order valence-electron chi connectivity index (χ2n) is 4.83. The summed E-state index contributed by atoms with van der Waals surface area (Å²) >= 11 is 0. The Hall–Kier alpha value is -1.83. The zero-order valence-corrected chi connectivity index (χ0v) is 11.6. The fourth-order valence-corrected chi connectivity index (χ4v) is 2.19. The first-order valence-electron chi connectivity index (χ1n) is 6.81. The van der Waals surface area contributed by atoms with Crippen molar-refractivity contribution in [2.75, 3.05) is 19.8 Å². The third-order valence-corrected chi connectivity index (χ3v) is 3.31. The molecular weight excluding hydrogens is 254 g/mol. The first-order valence-corrected chi connectivity index (χ1v) is 6.81. The van der Waals surface area contributed by atoms with Crippen molar-refractivity contribution in [1.29, 1.82) is 0 Å². The quantitative estimate of drug-likeness (QED) is 0.815. The molecule has 0 aromatic heterocycles. The average molecular weight is 273 g/mol. The van der Waals surface area contributed by atoms with E-state index >= 15 is 0 Å². The molecule has 1 aliphatic rings. The first-order chi connectivity index (χ1) is 9.70. The van der Waals surface area contributed by atoms with Gasteiger partial charge in [0.1, 0.15) is 6.61 Å². The summed E-state index contributed by atoms with van der Waals surface area (Å²) < 4.78 is 5.48. The molecular formula is C16H19NO3. The predicted octanol–water partition coefficient (Wildman–Crippen LogP) is 1.25. The van der Waals surface area contributed by atoms with E-state index in [1.807, 2.05) is 19.1 Å². The molecule has 1 fully saturated rings. The van der Waals surface area contributed by atoms with Crippen LogP contribution in [0.3, 0.4) is 0 Å². The van der Waals surface area contributed by atoms with Gasteiger partial charge in [0.15, 0.2) is 0 Å². The Balaban J connectivity index is 2.03. The summed E-state index contributed by atoms with van der Waals surface area (Å²) in [7, 11) is 0. The molecule has 1 heterocycles. The lowest BCUT2D eigenvalue weighted by molar-refractivity contribution is 0.0857. The van der Waals surface area contributed by atoms with Gasteiger partial charge in [0.2, 0.25) is 0 Å². The van der Waals surface area contributed by atoms with E-state index in [1.165, 1.54) is 0 Å². The second kappa shape index (κ2) is 7.09. The summed E-state index contributed by atoms with van der Waals surface area (Å²) in [4.78, 5) is 12.2. The van der Waals surface area contributed by atoms with E-state index in [4.69, 9.17) is 9.84 Å². The Morgan fingerprint density at radius 1 is 1.55 bits per heavy atom. The molecule has 20 heavy (non-hydrogen) atoms. The van der Waals surface area contributed by atoms with Gasteiger partial charge in [0.05, 0.1) is 6.10 Å². The van der Waals surface area contributed by atoms with Crippen LogP contribution in [0.2, 0.25) is 0 Å². The number of amides is 1. The van der Waals surface area contributed by atoms with Gasteiger partial charge in [-0.25, -0.2) is 0 Å². The highest BCUT2D eigenvalue weighted by Crippen LogP contribution is 2.13. The van der Waals surface area contributed by atoms with Gasteiger partial charge < -0.3 is 15.2 Å². The Labute approximate surface area is 119 Å². The molecule has 0 radical (unpaired) electrons. The highest BCUT2D eigenvalue weighted by atomic mass is 16.5. The molecule has 0 saturated carbocycles. The lowest BCUT2D eigenvalue weighted by Crippen LogP contribution is -2.32. The zero-order valence-electron chi connectivity index (χ0n) is 11.6. The smallest absolute Gasteiger partial charge is 0.251 e. The number of nitrogens with one attached hydrogen (secondary N) is 1. The standard InChI is InChI=1S/C16H19NO3/c1-12-6-7-13(4-2-8-18)10-15(12)16(19)17-11-14-5-3-9-20-14/h6-7,10,14,18H,3,5,8-9,11H2,1H3,(H,17,19). The molecule has 2 rings (SSSR count). The van der Waals surface area contributed by atoms with Crippen molar-refractivity contribution in [3.63, 3.8) is 0 Å². The molecule has 1 aliphatic heterocycles. The Morgan fingerprint density at radius 2 is 2.40 bits per heavy atom. The van der Waals surface area contributed by atoms with E-state index in [0.29, 0.717) is 12.1 Å². The minimum atomic E-state index is -0.186. The molecule has 1 saturated heterocycles. The molecule has 0 aliphatic carbocycles. The maximum atomic E-state index is 12.2. The second-order valence-corrected chi connectivity index (χ2v) is 4.83. The highest BCUT2D eigenvalue weighted by molar-refractivity contribution is 5.96. The molecule has 1 amide bonds. The molecule has 1 aromatic rings. The van der Waals surface area contributed by atoms with Crippen LogP contribution in [0.5, 0.6) is 0 Å². The van der Waals surface area contributed by atoms with Gasteiger partial charge in [-0.05, 0) is 37.5 Å². The third-order valence-electron chi connectivity index (χ3n) is 3.31. The number of benzene rings is 1.